The molecule has 0 amide bonds. The van der Waals surface area contributed by atoms with E-state index < -0.39 is 0 Å². The van der Waals surface area contributed by atoms with Gasteiger partial charge in [0.15, 0.2) is 0 Å². The lowest BCUT2D eigenvalue weighted by Gasteiger charge is -2.40. The van der Waals surface area contributed by atoms with Crippen LogP contribution in [0.4, 0.5) is 6.01 Å². The molecule has 0 radical (unpaired) electrons. The average molecular weight is 279 g/mol. The molecule has 1 fully saturated rings. The van der Waals surface area contributed by atoms with Crippen LogP contribution in [0.5, 0.6) is 0 Å². The van der Waals surface area contributed by atoms with E-state index >= 15 is 0 Å². The zero-order valence-corrected chi connectivity index (χ0v) is 13.4. The minimum Gasteiger partial charge on any atom is -0.432 e. The first-order chi connectivity index (χ1) is 9.58. The fourth-order valence-corrected chi connectivity index (χ4v) is 2.96. The van der Waals surface area contributed by atoms with Crippen molar-refractivity contribution in [1.82, 2.24) is 10.3 Å². The van der Waals surface area contributed by atoms with Crippen LogP contribution in [0.3, 0.4) is 0 Å². The molecule has 4 heteroatoms. The standard InChI is InChI=1S/C16H29N3O/c1-5-16(6-2)7-9-19(10-8-16)15-18-14(12-20-15)11-17-13(3)4/h12-13,17H,5-11H2,1-4H3. The molecule has 1 saturated heterocycles. The van der Waals surface area contributed by atoms with E-state index in [-0.39, 0.29) is 0 Å². The van der Waals surface area contributed by atoms with E-state index in [9.17, 15) is 0 Å². The van der Waals surface area contributed by atoms with Crippen molar-refractivity contribution in [2.75, 3.05) is 18.0 Å². The Balaban J connectivity index is 1.90. The normalized spacial score (nSPS) is 18.8. The van der Waals surface area contributed by atoms with Crippen LogP contribution in [0, 0.1) is 5.41 Å². The van der Waals surface area contributed by atoms with Crippen LogP contribution in [-0.2, 0) is 6.54 Å². The molecule has 2 rings (SSSR count). The molecule has 0 aromatic carbocycles. The predicted octanol–water partition coefficient (Wildman–Crippen LogP) is 3.58. The SMILES string of the molecule is CCC1(CC)CCN(c2nc(CNC(C)C)co2)CC1. The summed E-state index contributed by atoms with van der Waals surface area (Å²) in [5.41, 5.74) is 1.54. The van der Waals surface area contributed by atoms with Crippen molar-refractivity contribution >= 4 is 6.01 Å². The Labute approximate surface area is 122 Å². The van der Waals surface area contributed by atoms with Crippen LogP contribution in [0.1, 0.15) is 59.1 Å². The van der Waals surface area contributed by atoms with Gasteiger partial charge >= 0.3 is 0 Å². The second kappa shape index (κ2) is 6.61. The van der Waals surface area contributed by atoms with Gasteiger partial charge in [-0.1, -0.05) is 40.5 Å². The molecule has 0 atom stereocenters. The second-order valence-electron chi connectivity index (χ2n) is 6.35. The van der Waals surface area contributed by atoms with Crippen molar-refractivity contribution in [3.63, 3.8) is 0 Å². The molecule has 0 aliphatic carbocycles. The molecule has 0 spiro atoms. The number of piperidine rings is 1. The Morgan fingerprint density at radius 3 is 2.50 bits per heavy atom. The van der Waals surface area contributed by atoms with Gasteiger partial charge in [-0.2, -0.15) is 4.98 Å². The lowest BCUT2D eigenvalue weighted by Crippen LogP contribution is -2.39. The zero-order chi connectivity index (χ0) is 14.6. The van der Waals surface area contributed by atoms with E-state index in [1.807, 2.05) is 0 Å². The molecule has 4 nitrogen and oxygen atoms in total. The molecule has 1 aliphatic rings. The first kappa shape index (κ1) is 15.4. The monoisotopic (exact) mass is 279 g/mol. The molecule has 0 bridgehead atoms. The molecular weight excluding hydrogens is 250 g/mol. The second-order valence-corrected chi connectivity index (χ2v) is 6.35. The Kier molecular flexibility index (Phi) is 5.08. The number of aromatic nitrogens is 1. The highest BCUT2D eigenvalue weighted by Gasteiger charge is 2.32. The highest BCUT2D eigenvalue weighted by molar-refractivity contribution is 5.28. The van der Waals surface area contributed by atoms with Crippen LogP contribution in [-0.4, -0.2) is 24.1 Å². The quantitative estimate of drug-likeness (QED) is 0.864. The number of oxazole rings is 1. The number of nitrogens with zero attached hydrogens (tertiary/aromatic N) is 2. The van der Waals surface area contributed by atoms with Crippen molar-refractivity contribution in [1.29, 1.82) is 0 Å². The highest BCUT2D eigenvalue weighted by atomic mass is 16.4. The van der Waals surface area contributed by atoms with Crippen LogP contribution in [0.2, 0.25) is 0 Å². The Morgan fingerprint density at radius 1 is 1.30 bits per heavy atom. The maximum absolute atomic E-state index is 5.65. The molecule has 20 heavy (non-hydrogen) atoms. The first-order valence-electron chi connectivity index (χ1n) is 8.01. The lowest BCUT2D eigenvalue weighted by atomic mass is 9.74. The first-order valence-corrected chi connectivity index (χ1v) is 8.01. The van der Waals surface area contributed by atoms with Gasteiger partial charge in [0.05, 0.1) is 5.69 Å². The fourth-order valence-electron chi connectivity index (χ4n) is 2.96. The van der Waals surface area contributed by atoms with Gasteiger partial charge in [-0.05, 0) is 18.3 Å². The van der Waals surface area contributed by atoms with E-state index in [4.69, 9.17) is 4.42 Å². The molecule has 0 unspecified atom stereocenters. The van der Waals surface area contributed by atoms with Crippen molar-refractivity contribution in [3.8, 4) is 0 Å². The van der Waals surface area contributed by atoms with Crippen LogP contribution in [0.25, 0.3) is 0 Å². The molecule has 0 saturated carbocycles. The van der Waals surface area contributed by atoms with Gasteiger partial charge in [0.1, 0.15) is 6.26 Å². The molecule has 1 aliphatic heterocycles. The van der Waals surface area contributed by atoms with Gasteiger partial charge in [0.25, 0.3) is 6.01 Å². The van der Waals surface area contributed by atoms with E-state index in [0.29, 0.717) is 11.5 Å². The third kappa shape index (κ3) is 3.54. The fraction of sp³-hybridized carbons (Fsp3) is 0.812. The summed E-state index contributed by atoms with van der Waals surface area (Å²) in [5.74, 6) is 0. The third-order valence-electron chi connectivity index (χ3n) is 4.83. The lowest BCUT2D eigenvalue weighted by molar-refractivity contribution is 0.196. The Hall–Kier alpha value is -1.03. The molecule has 1 aromatic heterocycles. The molecule has 114 valence electrons. The Bertz CT molecular complexity index is 400. The van der Waals surface area contributed by atoms with Crippen molar-refractivity contribution in [3.05, 3.63) is 12.0 Å². The van der Waals surface area contributed by atoms with E-state index in [2.05, 4.69) is 42.9 Å². The summed E-state index contributed by atoms with van der Waals surface area (Å²) in [6.07, 6.45) is 6.86. The van der Waals surface area contributed by atoms with Crippen LogP contribution < -0.4 is 10.2 Å². The predicted molar refractivity (Wildman–Crippen MR) is 82.9 cm³/mol. The summed E-state index contributed by atoms with van der Waals surface area (Å²) in [4.78, 5) is 6.90. The average Bonchev–Trinajstić information content (AvgIpc) is 2.94. The highest BCUT2D eigenvalue weighted by Crippen LogP contribution is 2.38. The topological polar surface area (TPSA) is 41.3 Å². The van der Waals surface area contributed by atoms with Gasteiger partial charge in [0, 0.05) is 25.7 Å². The van der Waals surface area contributed by atoms with Crippen molar-refractivity contribution < 1.29 is 4.42 Å². The number of anilines is 1. The maximum atomic E-state index is 5.65. The number of hydrogen-bond acceptors (Lipinski definition) is 4. The van der Waals surface area contributed by atoms with E-state index in [0.717, 1.165) is 31.3 Å². The largest absolute Gasteiger partial charge is 0.432 e. The summed E-state index contributed by atoms with van der Waals surface area (Å²) in [6, 6.07) is 1.27. The molecular formula is C16H29N3O. The summed E-state index contributed by atoms with van der Waals surface area (Å²) >= 11 is 0. The third-order valence-corrected chi connectivity index (χ3v) is 4.83. The minimum atomic E-state index is 0.472. The van der Waals surface area contributed by atoms with Gasteiger partial charge in [-0.3, -0.25) is 0 Å². The molecule has 1 N–H and O–H groups in total. The van der Waals surface area contributed by atoms with Gasteiger partial charge in [0.2, 0.25) is 0 Å². The van der Waals surface area contributed by atoms with Crippen LogP contribution in [0.15, 0.2) is 10.7 Å². The Morgan fingerprint density at radius 2 is 1.95 bits per heavy atom. The van der Waals surface area contributed by atoms with Crippen LogP contribution >= 0.6 is 0 Å². The number of hydrogen-bond donors (Lipinski definition) is 1. The minimum absolute atomic E-state index is 0.472. The summed E-state index contributed by atoms with van der Waals surface area (Å²) in [6.45, 7) is 11.8. The maximum Gasteiger partial charge on any atom is 0.297 e. The molecule has 1 aromatic rings. The van der Waals surface area contributed by atoms with E-state index in [1.54, 1.807) is 6.26 Å². The van der Waals surface area contributed by atoms with Gasteiger partial charge < -0.3 is 14.6 Å². The molecule has 2 heterocycles. The summed E-state index contributed by atoms with van der Waals surface area (Å²) in [5, 5.41) is 3.37. The van der Waals surface area contributed by atoms with E-state index in [1.165, 1.54) is 25.7 Å². The van der Waals surface area contributed by atoms with Crippen molar-refractivity contribution in [2.45, 2.75) is 66.0 Å². The summed E-state index contributed by atoms with van der Waals surface area (Å²) in [7, 11) is 0. The smallest absolute Gasteiger partial charge is 0.297 e. The van der Waals surface area contributed by atoms with Crippen molar-refractivity contribution in [2.24, 2.45) is 5.41 Å². The number of nitrogens with one attached hydrogen (secondary N) is 1. The van der Waals surface area contributed by atoms with Gasteiger partial charge in [-0.25, -0.2) is 0 Å². The summed E-state index contributed by atoms with van der Waals surface area (Å²) < 4.78 is 5.65. The van der Waals surface area contributed by atoms with Gasteiger partial charge in [-0.15, -0.1) is 0 Å². The number of rotatable bonds is 6. The zero-order valence-electron chi connectivity index (χ0n) is 13.4.